The molecule has 0 heterocycles. The van der Waals surface area contributed by atoms with Gasteiger partial charge in [-0.15, -0.1) is 0 Å². The molecule has 0 bridgehead atoms. The molecule has 0 fully saturated rings. The number of hydrogen-bond acceptors (Lipinski definition) is 2. The van der Waals surface area contributed by atoms with Crippen LogP contribution in [0.25, 0.3) is 0 Å². The Kier molecular flexibility index (Phi) is 3.29. The molecule has 0 atom stereocenters. The molecule has 4 heteroatoms. The van der Waals surface area contributed by atoms with Crippen LogP contribution >= 0.6 is 0 Å². The van der Waals surface area contributed by atoms with Gasteiger partial charge in [-0.05, 0) is 24.4 Å². The van der Waals surface area contributed by atoms with E-state index in [1.54, 1.807) is 0 Å². The van der Waals surface area contributed by atoms with E-state index in [4.69, 9.17) is 5.73 Å². The predicted molar refractivity (Wildman–Crippen MR) is 54.6 cm³/mol. The molecule has 3 N–H and O–H groups in total. The van der Waals surface area contributed by atoms with Gasteiger partial charge >= 0.3 is 0 Å². The van der Waals surface area contributed by atoms with Gasteiger partial charge in [-0.3, -0.25) is 0 Å². The first-order valence-corrected chi connectivity index (χ1v) is 4.73. The third-order valence-corrected chi connectivity index (χ3v) is 2.33. The van der Waals surface area contributed by atoms with E-state index >= 15 is 0 Å². The summed E-state index contributed by atoms with van der Waals surface area (Å²) in [7, 11) is 0. The Morgan fingerprint density at radius 1 is 1.33 bits per heavy atom. The van der Waals surface area contributed by atoms with Crippen LogP contribution in [0.4, 0.5) is 8.78 Å². The number of halogens is 2. The minimum atomic E-state index is -0.933. The Bertz CT molecular complexity index is 364. The summed E-state index contributed by atoms with van der Waals surface area (Å²) in [5.41, 5.74) is 5.47. The first-order valence-electron chi connectivity index (χ1n) is 4.73. The summed E-state index contributed by atoms with van der Waals surface area (Å²) >= 11 is 0. The van der Waals surface area contributed by atoms with Gasteiger partial charge in [-0.1, -0.05) is 13.8 Å². The number of hydrogen-bond donors (Lipinski definition) is 2. The Labute approximate surface area is 87.7 Å². The zero-order valence-electron chi connectivity index (χ0n) is 8.85. The standard InChI is InChI=1S/C11H15F2NO/c1-11(2,6-14)5-7-3-8(12)4-9(13)10(7)15/h3-4,15H,5-6,14H2,1-2H3. The molecule has 15 heavy (non-hydrogen) atoms. The van der Waals surface area contributed by atoms with Gasteiger partial charge in [0, 0.05) is 11.6 Å². The fourth-order valence-corrected chi connectivity index (χ4v) is 1.34. The van der Waals surface area contributed by atoms with Crippen molar-refractivity contribution in [2.24, 2.45) is 11.1 Å². The molecule has 0 radical (unpaired) electrons. The normalized spacial score (nSPS) is 11.8. The van der Waals surface area contributed by atoms with Gasteiger partial charge in [0.15, 0.2) is 11.6 Å². The third-order valence-electron chi connectivity index (χ3n) is 2.33. The molecule has 0 spiro atoms. The number of nitrogens with two attached hydrogens (primary N) is 1. The van der Waals surface area contributed by atoms with E-state index in [-0.39, 0.29) is 11.0 Å². The minimum absolute atomic E-state index is 0.253. The highest BCUT2D eigenvalue weighted by Gasteiger charge is 2.20. The molecular weight excluding hydrogens is 200 g/mol. The van der Waals surface area contributed by atoms with Crippen molar-refractivity contribution < 1.29 is 13.9 Å². The van der Waals surface area contributed by atoms with Crippen molar-refractivity contribution in [3.05, 3.63) is 29.3 Å². The van der Waals surface area contributed by atoms with Crippen LogP contribution in [-0.4, -0.2) is 11.7 Å². The van der Waals surface area contributed by atoms with Gasteiger partial charge in [0.05, 0.1) is 0 Å². The molecule has 2 nitrogen and oxygen atoms in total. The Morgan fingerprint density at radius 2 is 1.93 bits per heavy atom. The molecule has 0 aromatic heterocycles. The molecule has 0 aliphatic carbocycles. The van der Waals surface area contributed by atoms with Gasteiger partial charge in [-0.2, -0.15) is 0 Å². The van der Waals surface area contributed by atoms with Crippen molar-refractivity contribution >= 4 is 0 Å². The second kappa shape index (κ2) is 4.14. The van der Waals surface area contributed by atoms with Crippen LogP contribution in [0.15, 0.2) is 12.1 Å². The van der Waals surface area contributed by atoms with Crippen LogP contribution in [0, 0.1) is 17.0 Å². The fourth-order valence-electron chi connectivity index (χ4n) is 1.34. The van der Waals surface area contributed by atoms with Gasteiger partial charge < -0.3 is 10.8 Å². The van der Waals surface area contributed by atoms with Crippen molar-refractivity contribution in [3.8, 4) is 5.75 Å². The molecule has 1 aromatic rings. The average Bonchev–Trinajstić information content (AvgIpc) is 2.13. The molecule has 0 unspecified atom stereocenters. The number of phenols is 1. The third kappa shape index (κ3) is 2.89. The van der Waals surface area contributed by atoms with Gasteiger partial charge in [-0.25, -0.2) is 8.78 Å². The molecule has 0 saturated heterocycles. The van der Waals surface area contributed by atoms with Crippen molar-refractivity contribution in [3.63, 3.8) is 0 Å². The summed E-state index contributed by atoms with van der Waals surface area (Å²) in [6.07, 6.45) is 0.337. The minimum Gasteiger partial charge on any atom is -0.505 e. The summed E-state index contributed by atoms with van der Waals surface area (Å²) in [5, 5.41) is 9.40. The van der Waals surface area contributed by atoms with Crippen LogP contribution in [-0.2, 0) is 6.42 Å². The van der Waals surface area contributed by atoms with Gasteiger partial charge in [0.25, 0.3) is 0 Å². The van der Waals surface area contributed by atoms with E-state index in [0.717, 1.165) is 6.07 Å². The van der Waals surface area contributed by atoms with Gasteiger partial charge in [0.1, 0.15) is 5.82 Å². The van der Waals surface area contributed by atoms with Crippen LogP contribution in [0.1, 0.15) is 19.4 Å². The van der Waals surface area contributed by atoms with Crippen LogP contribution < -0.4 is 5.73 Å². The van der Waals surface area contributed by atoms with E-state index in [1.165, 1.54) is 0 Å². The summed E-state index contributed by atoms with van der Waals surface area (Å²) in [4.78, 5) is 0. The molecule has 1 rings (SSSR count). The molecule has 0 aliphatic rings. The lowest BCUT2D eigenvalue weighted by molar-refractivity contribution is 0.358. The van der Waals surface area contributed by atoms with E-state index < -0.39 is 17.4 Å². The Hall–Kier alpha value is -1.16. The van der Waals surface area contributed by atoms with Crippen molar-refractivity contribution in [1.29, 1.82) is 0 Å². The van der Waals surface area contributed by atoms with E-state index in [0.29, 0.717) is 19.0 Å². The topological polar surface area (TPSA) is 46.2 Å². The largest absolute Gasteiger partial charge is 0.505 e. The van der Waals surface area contributed by atoms with Crippen LogP contribution in [0.5, 0.6) is 5.75 Å². The maximum absolute atomic E-state index is 13.0. The first kappa shape index (κ1) is 11.9. The summed E-state index contributed by atoms with van der Waals surface area (Å²) < 4.78 is 25.9. The summed E-state index contributed by atoms with van der Waals surface area (Å²) in [5.74, 6) is -2.11. The highest BCUT2D eigenvalue weighted by Crippen LogP contribution is 2.29. The molecule has 84 valence electrons. The van der Waals surface area contributed by atoms with Crippen LogP contribution in [0.3, 0.4) is 0 Å². The lowest BCUT2D eigenvalue weighted by atomic mass is 9.85. The number of phenolic OH excluding ortho intramolecular Hbond substituents is 1. The molecule has 0 amide bonds. The highest BCUT2D eigenvalue weighted by molar-refractivity contribution is 5.35. The maximum atomic E-state index is 13.0. The van der Waals surface area contributed by atoms with Crippen LogP contribution in [0.2, 0.25) is 0 Å². The monoisotopic (exact) mass is 215 g/mol. The van der Waals surface area contributed by atoms with Gasteiger partial charge in [0.2, 0.25) is 0 Å². The fraction of sp³-hybridized carbons (Fsp3) is 0.455. The SMILES string of the molecule is CC(C)(CN)Cc1cc(F)cc(F)c1O. The zero-order valence-corrected chi connectivity index (χ0v) is 8.85. The molecular formula is C11H15F2NO. The summed E-state index contributed by atoms with van der Waals surface area (Å²) in [6.45, 7) is 4.12. The van der Waals surface area contributed by atoms with E-state index in [1.807, 2.05) is 13.8 Å². The highest BCUT2D eigenvalue weighted by atomic mass is 19.1. The Balaban J connectivity index is 3.05. The van der Waals surface area contributed by atoms with Crippen molar-refractivity contribution in [1.82, 2.24) is 0 Å². The Morgan fingerprint density at radius 3 is 2.47 bits per heavy atom. The average molecular weight is 215 g/mol. The number of rotatable bonds is 3. The quantitative estimate of drug-likeness (QED) is 0.811. The van der Waals surface area contributed by atoms with E-state index in [9.17, 15) is 13.9 Å². The van der Waals surface area contributed by atoms with Crippen molar-refractivity contribution in [2.75, 3.05) is 6.54 Å². The predicted octanol–water partition coefficient (Wildman–Crippen LogP) is 2.20. The van der Waals surface area contributed by atoms with Crippen molar-refractivity contribution in [2.45, 2.75) is 20.3 Å². The van der Waals surface area contributed by atoms with E-state index in [2.05, 4.69) is 0 Å². The number of benzene rings is 1. The summed E-state index contributed by atoms with van der Waals surface area (Å²) in [6, 6.07) is 1.80. The first-order chi connectivity index (χ1) is 6.85. The second-order valence-electron chi connectivity index (χ2n) is 4.44. The smallest absolute Gasteiger partial charge is 0.168 e. The maximum Gasteiger partial charge on any atom is 0.168 e. The molecule has 1 aromatic carbocycles. The lowest BCUT2D eigenvalue weighted by Crippen LogP contribution is -2.26. The lowest BCUT2D eigenvalue weighted by Gasteiger charge is -2.22. The number of aromatic hydroxyl groups is 1. The molecule has 0 aliphatic heterocycles. The molecule has 0 saturated carbocycles. The zero-order chi connectivity index (χ0) is 11.6. The second-order valence-corrected chi connectivity index (χ2v) is 4.44.